The van der Waals surface area contributed by atoms with Gasteiger partial charge in [-0.3, -0.25) is 4.79 Å². The van der Waals surface area contributed by atoms with Crippen molar-refractivity contribution >= 4 is 41.1 Å². The van der Waals surface area contributed by atoms with Crippen molar-refractivity contribution in [2.45, 2.75) is 12.2 Å². The summed E-state index contributed by atoms with van der Waals surface area (Å²) in [6, 6.07) is 1.75. The zero-order valence-electron chi connectivity index (χ0n) is 10.5. The average Bonchev–Trinajstić information content (AvgIpc) is 2.84. The van der Waals surface area contributed by atoms with Crippen LogP contribution in [-0.2, 0) is 4.79 Å². The van der Waals surface area contributed by atoms with Crippen molar-refractivity contribution in [1.82, 2.24) is 4.90 Å². The summed E-state index contributed by atoms with van der Waals surface area (Å²) in [5, 5.41) is 10.8. The molecule has 4 nitrogen and oxygen atoms in total. The van der Waals surface area contributed by atoms with Gasteiger partial charge in [0.1, 0.15) is 0 Å². The zero-order chi connectivity index (χ0) is 13.8. The van der Waals surface area contributed by atoms with Crippen molar-refractivity contribution in [2.75, 3.05) is 18.8 Å². The Balaban J connectivity index is 2.05. The molecule has 2 rings (SSSR count). The SMILES string of the molecule is CC1CN(C(=O)c2csc(/C=C/C(=O)O)c2)CCS1. The summed E-state index contributed by atoms with van der Waals surface area (Å²) in [5.41, 5.74) is 0.647. The third-order valence-electron chi connectivity index (χ3n) is 2.79. The minimum Gasteiger partial charge on any atom is -0.478 e. The van der Waals surface area contributed by atoms with Gasteiger partial charge < -0.3 is 10.0 Å². The van der Waals surface area contributed by atoms with E-state index in [1.165, 1.54) is 17.4 Å². The topological polar surface area (TPSA) is 57.6 Å². The Kier molecular flexibility index (Phi) is 4.66. The summed E-state index contributed by atoms with van der Waals surface area (Å²) in [5.74, 6) is 0.0320. The molecule has 0 spiro atoms. The summed E-state index contributed by atoms with van der Waals surface area (Å²) in [4.78, 5) is 25.4. The lowest BCUT2D eigenvalue weighted by Crippen LogP contribution is -2.40. The summed E-state index contributed by atoms with van der Waals surface area (Å²) >= 11 is 3.27. The maximum atomic E-state index is 12.3. The van der Waals surface area contributed by atoms with Crippen LogP contribution in [0.15, 0.2) is 17.5 Å². The van der Waals surface area contributed by atoms with Gasteiger partial charge in [0.15, 0.2) is 0 Å². The normalized spacial score (nSPS) is 19.8. The Morgan fingerprint density at radius 1 is 1.53 bits per heavy atom. The quantitative estimate of drug-likeness (QED) is 0.871. The molecule has 0 radical (unpaired) electrons. The Morgan fingerprint density at radius 3 is 3.00 bits per heavy atom. The lowest BCUT2D eigenvalue weighted by Gasteiger charge is -2.30. The van der Waals surface area contributed by atoms with Crippen molar-refractivity contribution in [3.05, 3.63) is 28.0 Å². The monoisotopic (exact) mass is 297 g/mol. The van der Waals surface area contributed by atoms with E-state index in [2.05, 4.69) is 6.92 Å². The van der Waals surface area contributed by atoms with Gasteiger partial charge >= 0.3 is 5.97 Å². The highest BCUT2D eigenvalue weighted by Crippen LogP contribution is 2.22. The molecule has 0 saturated carbocycles. The predicted molar refractivity (Wildman–Crippen MR) is 78.8 cm³/mol. The number of thiophene rings is 1. The molecule has 0 aromatic carbocycles. The number of rotatable bonds is 3. The van der Waals surface area contributed by atoms with Crippen LogP contribution in [0.2, 0.25) is 0 Å². The van der Waals surface area contributed by atoms with Crippen LogP contribution in [-0.4, -0.2) is 46.0 Å². The largest absolute Gasteiger partial charge is 0.478 e. The molecule has 2 heterocycles. The first kappa shape index (κ1) is 14.1. The van der Waals surface area contributed by atoms with E-state index in [1.807, 2.05) is 16.7 Å². The summed E-state index contributed by atoms with van der Waals surface area (Å²) in [7, 11) is 0. The van der Waals surface area contributed by atoms with Crippen LogP contribution in [0.1, 0.15) is 22.2 Å². The molecular weight excluding hydrogens is 282 g/mol. The zero-order valence-corrected chi connectivity index (χ0v) is 12.2. The fourth-order valence-electron chi connectivity index (χ4n) is 1.89. The van der Waals surface area contributed by atoms with Crippen LogP contribution in [0, 0.1) is 0 Å². The third kappa shape index (κ3) is 3.84. The standard InChI is InChI=1S/C13H15NO3S2/c1-9-7-14(4-5-18-9)13(17)10-6-11(19-8-10)2-3-12(15)16/h2-3,6,8-9H,4-5,7H2,1H3,(H,15,16)/b3-2+. The number of carboxylic acid groups (broad SMARTS) is 1. The van der Waals surface area contributed by atoms with Gasteiger partial charge in [-0.15, -0.1) is 11.3 Å². The van der Waals surface area contributed by atoms with E-state index in [0.29, 0.717) is 10.8 Å². The van der Waals surface area contributed by atoms with Crippen molar-refractivity contribution in [3.63, 3.8) is 0 Å². The Hall–Kier alpha value is -1.27. The summed E-state index contributed by atoms with van der Waals surface area (Å²) in [6.07, 6.45) is 2.60. The second-order valence-corrected chi connectivity index (χ2v) is 6.83. The van der Waals surface area contributed by atoms with Gasteiger partial charge in [-0.25, -0.2) is 4.79 Å². The predicted octanol–water partition coefficient (Wildman–Crippen LogP) is 2.42. The van der Waals surface area contributed by atoms with Gasteiger partial charge in [-0.1, -0.05) is 6.92 Å². The van der Waals surface area contributed by atoms with Gasteiger partial charge in [0.25, 0.3) is 5.91 Å². The molecule has 0 aliphatic carbocycles. The molecule has 1 atom stereocenters. The molecule has 1 aliphatic heterocycles. The minimum absolute atomic E-state index is 0.0402. The molecule has 1 aliphatic rings. The number of thioether (sulfide) groups is 1. The molecule has 1 N–H and O–H groups in total. The first-order valence-electron chi connectivity index (χ1n) is 5.96. The van der Waals surface area contributed by atoms with Crippen molar-refractivity contribution < 1.29 is 14.7 Å². The van der Waals surface area contributed by atoms with Gasteiger partial charge in [0, 0.05) is 40.4 Å². The van der Waals surface area contributed by atoms with Crippen molar-refractivity contribution in [1.29, 1.82) is 0 Å². The second-order valence-electron chi connectivity index (χ2n) is 4.34. The maximum Gasteiger partial charge on any atom is 0.328 e. The lowest BCUT2D eigenvalue weighted by molar-refractivity contribution is -0.131. The smallest absolute Gasteiger partial charge is 0.328 e. The van der Waals surface area contributed by atoms with Crippen molar-refractivity contribution in [3.8, 4) is 0 Å². The van der Waals surface area contributed by atoms with Gasteiger partial charge in [0.2, 0.25) is 0 Å². The fraction of sp³-hybridized carbons (Fsp3) is 0.385. The second kappa shape index (κ2) is 6.25. The molecule has 6 heteroatoms. The summed E-state index contributed by atoms with van der Waals surface area (Å²) < 4.78 is 0. The number of aliphatic carboxylic acids is 1. The minimum atomic E-state index is -0.983. The van der Waals surface area contributed by atoms with E-state index in [9.17, 15) is 9.59 Å². The molecule has 19 heavy (non-hydrogen) atoms. The molecule has 0 bridgehead atoms. The fourth-order valence-corrected chi connectivity index (χ4v) is 3.68. The molecule has 1 fully saturated rings. The van der Waals surface area contributed by atoms with Crippen LogP contribution < -0.4 is 0 Å². The number of hydrogen-bond acceptors (Lipinski definition) is 4. The van der Waals surface area contributed by atoms with Crippen LogP contribution in [0.4, 0.5) is 0 Å². The van der Waals surface area contributed by atoms with Crippen molar-refractivity contribution in [2.24, 2.45) is 0 Å². The first-order valence-corrected chi connectivity index (χ1v) is 7.89. The molecule has 1 amide bonds. The van der Waals surface area contributed by atoms with E-state index in [-0.39, 0.29) is 5.91 Å². The molecule has 102 valence electrons. The highest BCUT2D eigenvalue weighted by molar-refractivity contribution is 7.99. The van der Waals surface area contributed by atoms with Gasteiger partial charge in [0.05, 0.1) is 5.56 Å². The van der Waals surface area contributed by atoms with E-state index in [1.54, 1.807) is 11.4 Å². The highest BCUT2D eigenvalue weighted by Gasteiger charge is 2.22. The molecule has 1 saturated heterocycles. The van der Waals surface area contributed by atoms with E-state index in [4.69, 9.17) is 5.11 Å². The molecule has 1 aromatic rings. The Labute approximate surface area is 120 Å². The van der Waals surface area contributed by atoms with Gasteiger partial charge in [-0.05, 0) is 12.1 Å². The van der Waals surface area contributed by atoms with Gasteiger partial charge in [-0.2, -0.15) is 11.8 Å². The number of hydrogen-bond donors (Lipinski definition) is 1. The molecule has 1 unspecified atom stereocenters. The number of carbonyl (C=O) groups is 2. The molecule has 1 aromatic heterocycles. The first-order chi connectivity index (χ1) is 9.06. The maximum absolute atomic E-state index is 12.3. The molecular formula is C13H15NO3S2. The Morgan fingerprint density at radius 2 is 2.32 bits per heavy atom. The highest BCUT2D eigenvalue weighted by atomic mass is 32.2. The van der Waals surface area contributed by atoms with E-state index < -0.39 is 5.97 Å². The number of carboxylic acids is 1. The number of carbonyl (C=O) groups excluding carboxylic acids is 1. The van der Waals surface area contributed by atoms with E-state index >= 15 is 0 Å². The summed E-state index contributed by atoms with van der Waals surface area (Å²) in [6.45, 7) is 3.68. The van der Waals surface area contributed by atoms with E-state index in [0.717, 1.165) is 29.8 Å². The number of nitrogens with zero attached hydrogens (tertiary/aromatic N) is 1. The third-order valence-corrected chi connectivity index (χ3v) is 4.82. The Bertz CT molecular complexity index is 510. The van der Waals surface area contributed by atoms with Crippen LogP contribution in [0.3, 0.4) is 0 Å². The lowest BCUT2D eigenvalue weighted by atomic mass is 10.2. The number of amides is 1. The average molecular weight is 297 g/mol. The van der Waals surface area contributed by atoms with Crippen LogP contribution in [0.5, 0.6) is 0 Å². The van der Waals surface area contributed by atoms with Crippen LogP contribution >= 0.6 is 23.1 Å². The van der Waals surface area contributed by atoms with Crippen LogP contribution in [0.25, 0.3) is 6.08 Å².